The van der Waals surface area contributed by atoms with Gasteiger partial charge in [0.25, 0.3) is 7.82 Å². The largest absolute Gasteiger partial charge is 1.00 e. The Morgan fingerprint density at radius 1 is 0.376 bits per heavy atom. The van der Waals surface area contributed by atoms with E-state index in [9.17, 15) is 38.6 Å². The van der Waals surface area contributed by atoms with E-state index in [1.165, 1.54) is 103 Å². The Balaban J connectivity index is 0. The molecule has 5 unspecified atom stereocenters. The van der Waals surface area contributed by atoms with Gasteiger partial charge in [0.2, 0.25) is 13.5 Å². The van der Waals surface area contributed by atoms with E-state index in [2.05, 4.69) is 137 Å². The molecule has 0 aromatic rings. The summed E-state index contributed by atoms with van der Waals surface area (Å²) in [5.41, 5.74) is 0. The van der Waals surface area contributed by atoms with Crippen molar-refractivity contribution in [1.29, 1.82) is 0 Å². The number of ether oxygens (including phenoxy) is 3. The number of rotatable bonds is 74. The van der Waals surface area contributed by atoms with Crippen molar-refractivity contribution < 1.29 is 100 Å². The summed E-state index contributed by atoms with van der Waals surface area (Å²) in [6.07, 6.45) is 83.1. The van der Waals surface area contributed by atoms with Crippen LogP contribution in [-0.4, -0.2) is 98.0 Å². The normalized spacial score (nSPS) is 14.3. The molecule has 0 saturated carbocycles. The molecule has 0 aromatic carbocycles. The van der Waals surface area contributed by atoms with E-state index in [-0.39, 0.29) is 74.4 Å². The van der Waals surface area contributed by atoms with Gasteiger partial charge in [-0.1, -0.05) is 253 Å². The molecule has 578 valence electrons. The van der Waals surface area contributed by atoms with Crippen molar-refractivity contribution in [2.45, 2.75) is 354 Å². The first-order valence-corrected chi connectivity index (χ1v) is 42.9. The summed E-state index contributed by atoms with van der Waals surface area (Å²) in [5.74, 6) is -1.81. The first-order valence-electron chi connectivity index (χ1n) is 39.7. The van der Waals surface area contributed by atoms with Gasteiger partial charge in [0.15, 0.2) is 6.10 Å². The number of unbranched alkanes of at least 4 members (excludes halogenated alkanes) is 32. The number of nitrogens with one attached hydrogen (secondary N) is 1. The Kier molecular flexibility index (Phi) is 76.0. The minimum absolute atomic E-state index is 0. The van der Waals surface area contributed by atoms with Gasteiger partial charge in [-0.2, -0.15) is 0 Å². The van der Waals surface area contributed by atoms with E-state index in [0.717, 1.165) is 154 Å². The van der Waals surface area contributed by atoms with E-state index in [0.29, 0.717) is 25.7 Å². The molecule has 5 atom stereocenters. The second-order valence-corrected chi connectivity index (χ2v) is 29.8. The van der Waals surface area contributed by atoms with Crippen LogP contribution in [0.3, 0.4) is 0 Å². The average Bonchev–Trinajstić information content (AvgIpc) is 1.03. The number of hydrogen-bond donors (Lipinski definition) is 3. The van der Waals surface area contributed by atoms with Crippen molar-refractivity contribution in [2.75, 3.05) is 39.6 Å². The second-order valence-electron chi connectivity index (χ2n) is 26.6. The fourth-order valence-electron chi connectivity index (χ4n) is 10.5. The number of aliphatic hydroxyl groups is 1. The van der Waals surface area contributed by atoms with Crippen molar-refractivity contribution in [3.63, 3.8) is 0 Å². The maximum atomic E-state index is 13.2. The molecule has 0 radical (unpaired) electrons. The zero-order valence-corrected chi connectivity index (χ0v) is 68.2. The Morgan fingerprint density at radius 2 is 0.663 bits per heavy atom. The first-order chi connectivity index (χ1) is 48.7. The first kappa shape index (κ1) is 100. The molecule has 0 aliphatic heterocycles. The van der Waals surface area contributed by atoms with Crippen LogP contribution in [0.25, 0.3) is 0 Å². The Hall–Kier alpha value is -2.95. The quantitative estimate of drug-likeness (QED) is 0.0129. The number of esters is 3. The van der Waals surface area contributed by atoms with Gasteiger partial charge in [-0.05, 0) is 160 Å². The van der Waals surface area contributed by atoms with Crippen molar-refractivity contribution in [3.05, 3.63) is 97.2 Å². The summed E-state index contributed by atoms with van der Waals surface area (Å²) >= 11 is 0. The van der Waals surface area contributed by atoms with Crippen LogP contribution in [0.2, 0.25) is 0 Å². The zero-order chi connectivity index (χ0) is 73.2. The Morgan fingerprint density at radius 3 is 1.05 bits per heavy atom. The summed E-state index contributed by atoms with van der Waals surface area (Å²) in [6, 6.07) is -0.867. The predicted octanol–water partition coefficient (Wildman–Crippen LogP) is 18.8. The smallest absolute Gasteiger partial charge is 0.756 e. The van der Waals surface area contributed by atoms with Crippen molar-refractivity contribution in [2.24, 2.45) is 0 Å². The standard InChI is InChI=1S/C82H145NO15P2.Na/c1-6-10-14-18-22-26-30-34-37-38-41-43-46-50-54-58-62-66-79(85)83-76(70-92-80(86)67-63-59-55-51-47-42-33-29-25-21-17-13-9-4)71-94-99(5,89)95-72-77(84)73-96-100(90,91)97-75-78(98-82(88)69-65-61-57-53-49-45-40-36-32-28-24-20-16-12-8-3)74-93-81(87)68-64-60-56-52-48-44-39-35-31-27-23-19-15-11-7-2;/h26-33,37-40,44-45,47,51,76-78,84,89H,5-25,34-36,41-43,46,48-50,52-75H2,1-4H3,(H,83,85)(H,90,91);/q;+1/p-1/b30-26-,31-27-,32-28+,33-29+,38-37-,44-39-,45-40-,51-47-;. The molecule has 0 fully saturated rings. The van der Waals surface area contributed by atoms with Crippen LogP contribution < -0.4 is 39.8 Å². The molecule has 16 nitrogen and oxygen atoms in total. The number of phosphoric ester groups is 1. The molecule has 0 heterocycles. The summed E-state index contributed by atoms with van der Waals surface area (Å²) in [6.45, 7) is 5.62. The predicted molar refractivity (Wildman–Crippen MR) is 415 cm³/mol. The Labute approximate surface area is 638 Å². The second kappa shape index (κ2) is 76.7. The molecule has 19 heteroatoms. The van der Waals surface area contributed by atoms with Gasteiger partial charge in [-0.25, -0.2) is 0 Å². The third-order valence-electron chi connectivity index (χ3n) is 16.7. The van der Waals surface area contributed by atoms with Gasteiger partial charge >= 0.3 is 47.5 Å². The van der Waals surface area contributed by atoms with Gasteiger partial charge in [0.1, 0.15) is 19.3 Å². The number of phosphoric acid groups is 1. The van der Waals surface area contributed by atoms with Crippen molar-refractivity contribution in [3.8, 4) is 0 Å². The maximum Gasteiger partial charge on any atom is 1.00 e. The number of aliphatic hydroxyl groups excluding tert-OH is 1. The summed E-state index contributed by atoms with van der Waals surface area (Å²) < 4.78 is 50.8. The van der Waals surface area contributed by atoms with Gasteiger partial charge in [0.05, 0.1) is 32.5 Å². The monoisotopic (exact) mass is 1470 g/mol. The third-order valence-corrected chi connectivity index (χ3v) is 18.7. The third kappa shape index (κ3) is 76.5. The minimum Gasteiger partial charge on any atom is -0.756 e. The van der Waals surface area contributed by atoms with Crippen molar-refractivity contribution in [1.82, 2.24) is 5.32 Å². The van der Waals surface area contributed by atoms with Crippen LogP contribution in [0.5, 0.6) is 0 Å². The fraction of sp³-hybridized carbons (Fsp3) is 0.744. The molecular formula is C82H144NNaO15P2. The Bertz CT molecular complexity index is 2290. The molecule has 0 aromatic heterocycles. The van der Waals surface area contributed by atoms with Gasteiger partial charge in [-0.15, -0.1) is 0 Å². The van der Waals surface area contributed by atoms with Gasteiger partial charge < -0.3 is 52.5 Å². The molecular weight excluding hydrogens is 1320 g/mol. The van der Waals surface area contributed by atoms with Crippen LogP contribution in [0, 0.1) is 0 Å². The minimum atomic E-state index is -5.16. The fourth-order valence-corrected chi connectivity index (χ4v) is 12.2. The van der Waals surface area contributed by atoms with E-state index in [1.54, 1.807) is 0 Å². The average molecular weight is 1470 g/mol. The molecule has 0 aliphatic carbocycles. The zero-order valence-electron chi connectivity index (χ0n) is 64.5. The summed E-state index contributed by atoms with van der Waals surface area (Å²) in [7, 11) is -9.13. The van der Waals surface area contributed by atoms with E-state index in [4.69, 9.17) is 32.3 Å². The number of hydrogen-bond acceptors (Lipinski definition) is 15. The van der Waals surface area contributed by atoms with E-state index < -0.39 is 78.0 Å². The summed E-state index contributed by atoms with van der Waals surface area (Å²) in [4.78, 5) is 76.0. The van der Waals surface area contributed by atoms with E-state index >= 15 is 0 Å². The number of carbonyl (C=O) groups is 4. The summed E-state index contributed by atoms with van der Waals surface area (Å²) in [5, 5.41) is 13.6. The van der Waals surface area contributed by atoms with Gasteiger partial charge in [-0.3, -0.25) is 23.7 Å². The number of amides is 1. The molecule has 0 rings (SSSR count). The molecule has 0 spiro atoms. The topological polar surface area (TPSA) is 226 Å². The SMILES string of the molecule is C=P(O)(OCC(O)COP(=O)([O-])OCC(COC(=O)CCCCCC/C=C\C/C=C\CCCCCC)OC(=O)CCCCCC/C=C\C/C=C/CCCCCC)OCC(COC(=O)CCCC/C=C\C/C=C/CCCCCC)NC(=O)CCCCCCCC/C=C\C/C=C\CCCCCC.[Na+]. The van der Waals surface area contributed by atoms with Gasteiger partial charge in [0, 0.05) is 25.7 Å². The van der Waals surface area contributed by atoms with Crippen LogP contribution in [0.1, 0.15) is 336 Å². The van der Waals surface area contributed by atoms with Crippen LogP contribution in [-0.2, 0) is 56.0 Å². The van der Waals surface area contributed by atoms with Crippen molar-refractivity contribution >= 4 is 45.5 Å². The molecule has 0 aliphatic rings. The molecule has 101 heavy (non-hydrogen) atoms. The van der Waals surface area contributed by atoms with Crippen LogP contribution in [0.4, 0.5) is 0 Å². The van der Waals surface area contributed by atoms with E-state index in [1.807, 2.05) is 0 Å². The number of carbonyl (C=O) groups excluding carboxylic acids is 4. The molecule has 1 amide bonds. The number of allylic oxidation sites excluding steroid dienone is 16. The van der Waals surface area contributed by atoms with Crippen LogP contribution in [0.15, 0.2) is 97.2 Å². The molecule has 0 bridgehead atoms. The van der Waals surface area contributed by atoms with Crippen LogP contribution >= 0.6 is 15.4 Å². The molecule has 3 N–H and O–H groups in total. The molecule has 0 saturated heterocycles. The maximum absolute atomic E-state index is 13.2.